The van der Waals surface area contributed by atoms with E-state index in [4.69, 9.17) is 4.42 Å². The summed E-state index contributed by atoms with van der Waals surface area (Å²) in [7, 11) is 0. The van der Waals surface area contributed by atoms with Gasteiger partial charge in [0.05, 0.1) is 11.9 Å². The summed E-state index contributed by atoms with van der Waals surface area (Å²) in [6.45, 7) is 1.95. The second-order valence-electron chi connectivity index (χ2n) is 6.88. The van der Waals surface area contributed by atoms with Gasteiger partial charge in [0, 0.05) is 17.2 Å². The third-order valence-electron chi connectivity index (χ3n) is 4.77. The summed E-state index contributed by atoms with van der Waals surface area (Å²) in [5, 5.41) is 6.06. The zero-order valence-electron chi connectivity index (χ0n) is 16.0. The molecule has 0 aliphatic carbocycles. The maximum atomic E-state index is 12.5. The first-order chi connectivity index (χ1) is 14.6. The molecule has 0 aliphatic heterocycles. The lowest BCUT2D eigenvalue weighted by Gasteiger charge is -2.07. The van der Waals surface area contributed by atoms with Crippen LogP contribution in [0.4, 0.5) is 0 Å². The van der Waals surface area contributed by atoms with Crippen LogP contribution < -0.4 is 11.2 Å². The molecule has 5 aromatic rings. The van der Waals surface area contributed by atoms with Crippen molar-refractivity contribution in [2.24, 2.45) is 0 Å². The van der Waals surface area contributed by atoms with Crippen LogP contribution in [0, 0.1) is 6.92 Å². The largest absolute Gasteiger partial charge is 0.423 e. The number of rotatable bonds is 4. The summed E-state index contributed by atoms with van der Waals surface area (Å²) in [4.78, 5) is 31.9. The summed E-state index contributed by atoms with van der Waals surface area (Å²) in [5.74, 6) is 0.457. The zero-order chi connectivity index (χ0) is 20.7. The molecule has 7 nitrogen and oxygen atoms in total. The molecule has 3 aromatic heterocycles. The summed E-state index contributed by atoms with van der Waals surface area (Å²) in [5.41, 5.74) is 3.05. The highest BCUT2D eigenvalue weighted by molar-refractivity contribution is 7.98. The second kappa shape index (κ2) is 7.31. The molecule has 0 saturated carbocycles. The standard InChI is InChI=1S/C22H16N4O3S/c1-13-7-8-16-14(10-19(27)29-18(16)9-13)12-30-22-24-20-17(21(28)25-22)11-23-26(20)15-5-3-2-4-6-15/h2-11H,12H2,1H3,(H,24,25,28). The van der Waals surface area contributed by atoms with E-state index in [1.807, 2.05) is 55.5 Å². The molecule has 8 heteroatoms. The fourth-order valence-corrected chi connectivity index (χ4v) is 4.17. The van der Waals surface area contributed by atoms with Gasteiger partial charge in [-0.15, -0.1) is 0 Å². The molecular formula is C22H16N4O3S. The molecular weight excluding hydrogens is 400 g/mol. The number of aryl methyl sites for hydroxylation is 1. The van der Waals surface area contributed by atoms with Crippen molar-refractivity contribution in [3.8, 4) is 5.69 Å². The maximum absolute atomic E-state index is 12.5. The highest BCUT2D eigenvalue weighted by atomic mass is 32.2. The summed E-state index contributed by atoms with van der Waals surface area (Å²) < 4.78 is 6.96. The first-order valence-corrected chi connectivity index (χ1v) is 10.3. The van der Waals surface area contributed by atoms with E-state index in [2.05, 4.69) is 15.1 Å². The van der Waals surface area contributed by atoms with Crippen molar-refractivity contribution in [2.45, 2.75) is 17.8 Å². The van der Waals surface area contributed by atoms with Gasteiger partial charge in [0.1, 0.15) is 11.0 Å². The number of aromatic nitrogens is 4. The van der Waals surface area contributed by atoms with E-state index >= 15 is 0 Å². The lowest BCUT2D eigenvalue weighted by atomic mass is 10.1. The van der Waals surface area contributed by atoms with E-state index in [9.17, 15) is 9.59 Å². The number of H-pyrrole nitrogens is 1. The Hall–Kier alpha value is -3.65. The molecule has 0 radical (unpaired) electrons. The number of aromatic amines is 1. The van der Waals surface area contributed by atoms with E-state index in [0.29, 0.717) is 27.5 Å². The first-order valence-electron chi connectivity index (χ1n) is 9.28. The van der Waals surface area contributed by atoms with Crippen molar-refractivity contribution < 1.29 is 4.42 Å². The monoisotopic (exact) mass is 416 g/mol. The molecule has 5 rings (SSSR count). The number of nitrogens with zero attached hydrogens (tertiary/aromatic N) is 3. The highest BCUT2D eigenvalue weighted by Gasteiger charge is 2.13. The number of hydrogen-bond acceptors (Lipinski definition) is 6. The number of hydrogen-bond donors (Lipinski definition) is 1. The van der Waals surface area contributed by atoms with Crippen LogP contribution >= 0.6 is 11.8 Å². The van der Waals surface area contributed by atoms with Gasteiger partial charge in [-0.05, 0) is 36.2 Å². The number of fused-ring (bicyclic) bond motifs is 2. The van der Waals surface area contributed by atoms with E-state index in [1.54, 1.807) is 4.68 Å². The third-order valence-corrected chi connectivity index (χ3v) is 5.69. The molecule has 0 bridgehead atoms. The highest BCUT2D eigenvalue weighted by Crippen LogP contribution is 2.25. The van der Waals surface area contributed by atoms with E-state index in [1.165, 1.54) is 24.0 Å². The van der Waals surface area contributed by atoms with Gasteiger partial charge in [0.2, 0.25) is 0 Å². The van der Waals surface area contributed by atoms with Crippen LogP contribution in [-0.2, 0) is 5.75 Å². The van der Waals surface area contributed by atoms with E-state index in [0.717, 1.165) is 22.2 Å². The lowest BCUT2D eigenvalue weighted by Crippen LogP contribution is -2.10. The van der Waals surface area contributed by atoms with Crippen molar-refractivity contribution in [3.05, 3.63) is 92.7 Å². The predicted octanol–water partition coefficient (Wildman–Crippen LogP) is 3.82. The van der Waals surface area contributed by atoms with Crippen LogP contribution in [0.15, 0.2) is 80.0 Å². The van der Waals surface area contributed by atoms with Crippen LogP contribution in [0.25, 0.3) is 27.7 Å². The Morgan fingerprint density at radius 3 is 2.73 bits per heavy atom. The van der Waals surface area contributed by atoms with Gasteiger partial charge < -0.3 is 9.40 Å². The molecule has 1 N–H and O–H groups in total. The molecule has 2 aromatic carbocycles. The minimum atomic E-state index is -0.400. The van der Waals surface area contributed by atoms with Crippen LogP contribution in [0.2, 0.25) is 0 Å². The first kappa shape index (κ1) is 18.4. The van der Waals surface area contributed by atoms with Crippen LogP contribution in [0.1, 0.15) is 11.1 Å². The van der Waals surface area contributed by atoms with Gasteiger partial charge in [0.25, 0.3) is 5.56 Å². The Bertz CT molecular complexity index is 1500. The van der Waals surface area contributed by atoms with Gasteiger partial charge >= 0.3 is 5.63 Å². The summed E-state index contributed by atoms with van der Waals surface area (Å²) >= 11 is 1.35. The Morgan fingerprint density at radius 2 is 1.90 bits per heavy atom. The SMILES string of the molecule is Cc1ccc2c(CSc3nc4c(cnn4-c4ccccc4)c(=O)[nH]3)cc(=O)oc2c1. The molecule has 0 saturated heterocycles. The van der Waals surface area contributed by atoms with Crippen molar-refractivity contribution in [2.75, 3.05) is 0 Å². The fourth-order valence-electron chi connectivity index (χ4n) is 3.33. The summed E-state index contributed by atoms with van der Waals surface area (Å²) in [6, 6.07) is 16.8. The second-order valence-corrected chi connectivity index (χ2v) is 7.84. The smallest absolute Gasteiger partial charge is 0.336 e. The van der Waals surface area contributed by atoms with Crippen LogP contribution in [0.3, 0.4) is 0 Å². The van der Waals surface area contributed by atoms with Gasteiger partial charge in [0.15, 0.2) is 10.8 Å². The number of benzene rings is 2. The van der Waals surface area contributed by atoms with Crippen molar-refractivity contribution >= 4 is 33.8 Å². The zero-order valence-corrected chi connectivity index (χ0v) is 16.8. The van der Waals surface area contributed by atoms with Crippen molar-refractivity contribution in [1.82, 2.24) is 19.7 Å². The van der Waals surface area contributed by atoms with Gasteiger partial charge in [-0.2, -0.15) is 5.10 Å². The fraction of sp³-hybridized carbons (Fsp3) is 0.0909. The number of thioether (sulfide) groups is 1. The minimum Gasteiger partial charge on any atom is -0.423 e. The molecule has 3 heterocycles. The number of para-hydroxylation sites is 1. The summed E-state index contributed by atoms with van der Waals surface area (Å²) in [6.07, 6.45) is 1.51. The number of nitrogens with one attached hydrogen (secondary N) is 1. The minimum absolute atomic E-state index is 0.252. The molecule has 148 valence electrons. The van der Waals surface area contributed by atoms with Crippen LogP contribution in [-0.4, -0.2) is 19.7 Å². The van der Waals surface area contributed by atoms with Gasteiger partial charge in [-0.3, -0.25) is 4.79 Å². The quantitative estimate of drug-likeness (QED) is 0.272. The Kier molecular flexibility index (Phi) is 4.48. The third kappa shape index (κ3) is 3.31. The van der Waals surface area contributed by atoms with Crippen molar-refractivity contribution in [3.63, 3.8) is 0 Å². The molecule has 0 fully saturated rings. The van der Waals surface area contributed by atoms with E-state index in [-0.39, 0.29) is 5.56 Å². The normalized spacial score (nSPS) is 11.4. The molecule has 0 spiro atoms. The van der Waals surface area contributed by atoms with Gasteiger partial charge in [-0.25, -0.2) is 14.5 Å². The molecule has 0 aliphatic rings. The Labute approximate surface area is 174 Å². The van der Waals surface area contributed by atoms with Crippen LogP contribution in [0.5, 0.6) is 0 Å². The Balaban J connectivity index is 1.53. The lowest BCUT2D eigenvalue weighted by molar-refractivity contribution is 0.559. The van der Waals surface area contributed by atoms with E-state index < -0.39 is 5.63 Å². The average molecular weight is 416 g/mol. The maximum Gasteiger partial charge on any atom is 0.336 e. The predicted molar refractivity (Wildman–Crippen MR) is 116 cm³/mol. The Morgan fingerprint density at radius 1 is 1.07 bits per heavy atom. The van der Waals surface area contributed by atoms with Crippen molar-refractivity contribution in [1.29, 1.82) is 0 Å². The topological polar surface area (TPSA) is 93.8 Å². The molecule has 0 amide bonds. The van der Waals surface area contributed by atoms with Gasteiger partial charge in [-0.1, -0.05) is 42.1 Å². The molecule has 0 atom stereocenters. The molecule has 30 heavy (non-hydrogen) atoms. The average Bonchev–Trinajstić information content (AvgIpc) is 3.17. The molecule has 0 unspecified atom stereocenters.